The maximum atomic E-state index is 12.3. The van der Waals surface area contributed by atoms with Crippen LogP contribution in [0.25, 0.3) is 0 Å². The van der Waals surface area contributed by atoms with E-state index >= 15 is 0 Å². The number of nitrogens with one attached hydrogen (secondary N) is 1. The van der Waals surface area contributed by atoms with Gasteiger partial charge < -0.3 is 14.4 Å². The number of sulfonamides is 1. The van der Waals surface area contributed by atoms with E-state index in [-0.39, 0.29) is 17.3 Å². The number of hydrogen-bond donors (Lipinski definition) is 1. The first-order valence-corrected chi connectivity index (χ1v) is 8.48. The molecule has 1 saturated heterocycles. The van der Waals surface area contributed by atoms with E-state index in [2.05, 4.69) is 4.72 Å². The van der Waals surface area contributed by atoms with Crippen LogP contribution in [0.15, 0.2) is 29.2 Å². The molecule has 0 unspecified atom stereocenters. The molecule has 0 bridgehead atoms. The van der Waals surface area contributed by atoms with Crippen LogP contribution in [-0.4, -0.2) is 65.8 Å². The summed E-state index contributed by atoms with van der Waals surface area (Å²) in [4.78, 5) is 14.1. The Hall–Kier alpha value is -1.48. The Morgan fingerprint density at radius 2 is 1.91 bits per heavy atom. The third-order valence-electron chi connectivity index (χ3n) is 3.31. The third-order valence-corrected chi connectivity index (χ3v) is 4.79. The van der Waals surface area contributed by atoms with E-state index in [9.17, 15) is 13.2 Å². The summed E-state index contributed by atoms with van der Waals surface area (Å²) in [5, 5.41) is 0. The van der Waals surface area contributed by atoms with Gasteiger partial charge in [-0.25, -0.2) is 13.1 Å². The van der Waals surface area contributed by atoms with Gasteiger partial charge >= 0.3 is 0 Å². The Morgan fingerprint density at radius 1 is 1.27 bits per heavy atom. The fourth-order valence-electron chi connectivity index (χ4n) is 2.09. The average Bonchev–Trinajstić information content (AvgIpc) is 2.55. The molecule has 0 aliphatic carbocycles. The topological polar surface area (TPSA) is 84.9 Å². The van der Waals surface area contributed by atoms with Crippen LogP contribution in [0, 0.1) is 0 Å². The molecule has 1 aromatic carbocycles. The largest absolute Gasteiger partial charge is 0.383 e. The maximum Gasteiger partial charge on any atom is 0.254 e. The van der Waals surface area contributed by atoms with Crippen molar-refractivity contribution in [3.05, 3.63) is 29.8 Å². The van der Waals surface area contributed by atoms with Crippen LogP contribution in [-0.2, 0) is 19.5 Å². The van der Waals surface area contributed by atoms with Crippen molar-refractivity contribution in [2.75, 3.05) is 46.6 Å². The highest BCUT2D eigenvalue weighted by atomic mass is 32.2. The number of carbonyl (C=O) groups is 1. The van der Waals surface area contributed by atoms with Crippen LogP contribution in [0.5, 0.6) is 0 Å². The van der Waals surface area contributed by atoms with E-state index in [1.165, 1.54) is 31.4 Å². The Labute approximate surface area is 130 Å². The summed E-state index contributed by atoms with van der Waals surface area (Å²) in [7, 11) is -2.07. The summed E-state index contributed by atoms with van der Waals surface area (Å²) >= 11 is 0. The molecule has 22 heavy (non-hydrogen) atoms. The van der Waals surface area contributed by atoms with Crippen LogP contribution >= 0.6 is 0 Å². The first kappa shape index (κ1) is 16.9. The number of rotatable bonds is 6. The molecule has 0 aromatic heterocycles. The second kappa shape index (κ2) is 7.68. The smallest absolute Gasteiger partial charge is 0.254 e. The lowest BCUT2D eigenvalue weighted by Crippen LogP contribution is -2.40. The molecule has 1 aliphatic heterocycles. The van der Waals surface area contributed by atoms with Crippen LogP contribution in [0.2, 0.25) is 0 Å². The number of morpholine rings is 1. The molecule has 1 fully saturated rings. The molecule has 8 heteroatoms. The van der Waals surface area contributed by atoms with Gasteiger partial charge in [0.15, 0.2) is 0 Å². The fraction of sp³-hybridized carbons (Fsp3) is 0.500. The number of methoxy groups -OCH3 is 1. The van der Waals surface area contributed by atoms with Crippen LogP contribution in [0.3, 0.4) is 0 Å². The first-order valence-electron chi connectivity index (χ1n) is 7.00. The van der Waals surface area contributed by atoms with E-state index in [0.29, 0.717) is 38.5 Å². The summed E-state index contributed by atoms with van der Waals surface area (Å²) in [5.74, 6) is -0.111. The normalized spacial score (nSPS) is 15.8. The van der Waals surface area contributed by atoms with Gasteiger partial charge in [0.2, 0.25) is 10.0 Å². The monoisotopic (exact) mass is 328 g/mol. The lowest BCUT2D eigenvalue weighted by molar-refractivity contribution is 0.0303. The minimum atomic E-state index is -3.57. The molecule has 1 aliphatic rings. The van der Waals surface area contributed by atoms with Gasteiger partial charge in [0.25, 0.3) is 5.91 Å². The predicted molar refractivity (Wildman–Crippen MR) is 80.2 cm³/mol. The zero-order valence-corrected chi connectivity index (χ0v) is 13.3. The third kappa shape index (κ3) is 4.26. The van der Waals surface area contributed by atoms with E-state index in [1.54, 1.807) is 4.90 Å². The Morgan fingerprint density at radius 3 is 2.50 bits per heavy atom. The lowest BCUT2D eigenvalue weighted by Gasteiger charge is -2.26. The standard InChI is InChI=1S/C14H20N2O5S/c1-20-9-6-15-22(18,19)13-4-2-12(3-5-13)14(17)16-7-10-21-11-8-16/h2-5,15H,6-11H2,1H3. The molecule has 0 saturated carbocycles. The second-order valence-corrected chi connectivity index (χ2v) is 6.59. The summed E-state index contributed by atoms with van der Waals surface area (Å²) < 4.78 is 36.5. The summed E-state index contributed by atoms with van der Waals surface area (Å²) in [6.45, 7) is 2.66. The Kier molecular flexibility index (Phi) is 5.90. The van der Waals surface area contributed by atoms with Gasteiger partial charge in [-0.1, -0.05) is 0 Å². The molecular formula is C14H20N2O5S. The van der Waals surface area contributed by atoms with Crippen molar-refractivity contribution in [3.63, 3.8) is 0 Å². The quantitative estimate of drug-likeness (QED) is 0.748. The molecule has 1 heterocycles. The van der Waals surface area contributed by atoms with Gasteiger partial charge in [-0.05, 0) is 24.3 Å². The van der Waals surface area contributed by atoms with Crippen molar-refractivity contribution in [3.8, 4) is 0 Å². The van der Waals surface area contributed by atoms with Crippen molar-refractivity contribution in [2.45, 2.75) is 4.90 Å². The molecule has 0 atom stereocenters. The average molecular weight is 328 g/mol. The molecule has 7 nitrogen and oxygen atoms in total. The molecule has 1 aromatic rings. The number of amides is 1. The van der Waals surface area contributed by atoms with Gasteiger partial charge in [0, 0.05) is 32.3 Å². The van der Waals surface area contributed by atoms with E-state index in [4.69, 9.17) is 9.47 Å². The van der Waals surface area contributed by atoms with Crippen molar-refractivity contribution in [1.29, 1.82) is 0 Å². The van der Waals surface area contributed by atoms with Gasteiger partial charge in [-0.3, -0.25) is 4.79 Å². The molecule has 122 valence electrons. The lowest BCUT2D eigenvalue weighted by atomic mass is 10.2. The first-order chi connectivity index (χ1) is 10.5. The van der Waals surface area contributed by atoms with E-state index in [0.717, 1.165) is 0 Å². The van der Waals surface area contributed by atoms with Crippen molar-refractivity contribution < 1.29 is 22.7 Å². The minimum Gasteiger partial charge on any atom is -0.383 e. The highest BCUT2D eigenvalue weighted by Gasteiger charge is 2.19. The predicted octanol–water partition coefficient (Wildman–Crippen LogP) is 0.0837. The molecule has 2 rings (SSSR count). The van der Waals surface area contributed by atoms with Gasteiger partial charge in [0.05, 0.1) is 24.7 Å². The zero-order valence-electron chi connectivity index (χ0n) is 12.4. The molecule has 0 spiro atoms. The van der Waals surface area contributed by atoms with Crippen molar-refractivity contribution in [1.82, 2.24) is 9.62 Å². The van der Waals surface area contributed by atoms with Gasteiger partial charge in [-0.15, -0.1) is 0 Å². The molecule has 1 amide bonds. The Balaban J connectivity index is 2.04. The highest BCUT2D eigenvalue weighted by molar-refractivity contribution is 7.89. The number of carbonyl (C=O) groups excluding carboxylic acids is 1. The SMILES string of the molecule is COCCNS(=O)(=O)c1ccc(C(=O)N2CCOCC2)cc1. The Bertz CT molecular complexity index is 594. The number of ether oxygens (including phenoxy) is 2. The summed E-state index contributed by atoms with van der Waals surface area (Å²) in [5.41, 5.74) is 0.470. The zero-order chi connectivity index (χ0) is 16.0. The van der Waals surface area contributed by atoms with Gasteiger partial charge in [0.1, 0.15) is 0 Å². The second-order valence-electron chi connectivity index (χ2n) is 4.82. The van der Waals surface area contributed by atoms with E-state index < -0.39 is 10.0 Å². The number of benzene rings is 1. The molecule has 1 N–H and O–H groups in total. The fourth-order valence-corrected chi connectivity index (χ4v) is 3.10. The maximum absolute atomic E-state index is 12.3. The van der Waals surface area contributed by atoms with Gasteiger partial charge in [-0.2, -0.15) is 0 Å². The summed E-state index contributed by atoms with van der Waals surface area (Å²) in [6.07, 6.45) is 0. The van der Waals surface area contributed by atoms with Crippen LogP contribution in [0.1, 0.15) is 10.4 Å². The molecule has 0 radical (unpaired) electrons. The number of nitrogens with zero attached hydrogens (tertiary/aromatic N) is 1. The van der Waals surface area contributed by atoms with Crippen molar-refractivity contribution in [2.24, 2.45) is 0 Å². The van der Waals surface area contributed by atoms with Crippen LogP contribution < -0.4 is 4.72 Å². The molecular weight excluding hydrogens is 308 g/mol. The minimum absolute atomic E-state index is 0.111. The van der Waals surface area contributed by atoms with Crippen molar-refractivity contribution >= 4 is 15.9 Å². The highest BCUT2D eigenvalue weighted by Crippen LogP contribution is 2.13. The number of hydrogen-bond acceptors (Lipinski definition) is 5. The summed E-state index contributed by atoms with van der Waals surface area (Å²) in [6, 6.07) is 5.93. The van der Waals surface area contributed by atoms with Crippen LogP contribution in [0.4, 0.5) is 0 Å². The van der Waals surface area contributed by atoms with E-state index in [1.807, 2.05) is 0 Å².